The van der Waals surface area contributed by atoms with Crippen LogP contribution in [-0.2, 0) is 12.8 Å². The second kappa shape index (κ2) is 7.71. The van der Waals surface area contributed by atoms with Gasteiger partial charge < -0.3 is 0 Å². The van der Waals surface area contributed by atoms with Gasteiger partial charge in [0.2, 0.25) is 0 Å². The van der Waals surface area contributed by atoms with Crippen molar-refractivity contribution in [2.24, 2.45) is 5.92 Å². The zero-order valence-corrected chi connectivity index (χ0v) is 15.5. The number of rotatable bonds is 5. The van der Waals surface area contributed by atoms with Gasteiger partial charge in [-0.25, -0.2) is 4.39 Å². The van der Waals surface area contributed by atoms with E-state index in [9.17, 15) is 4.39 Å². The van der Waals surface area contributed by atoms with Crippen molar-refractivity contribution >= 4 is 47.8 Å². The predicted molar refractivity (Wildman–Crippen MR) is 92.9 cm³/mol. The van der Waals surface area contributed by atoms with Crippen LogP contribution < -0.4 is 0 Å². The summed E-state index contributed by atoms with van der Waals surface area (Å²) in [5.74, 6) is 0.244. The average molecular weight is 465 g/mol. The number of halogens is 4. The molecule has 1 unspecified atom stereocenters. The van der Waals surface area contributed by atoms with E-state index in [4.69, 9.17) is 0 Å². The van der Waals surface area contributed by atoms with Gasteiger partial charge >= 0.3 is 0 Å². The fourth-order valence-electron chi connectivity index (χ4n) is 2.13. The lowest BCUT2D eigenvalue weighted by molar-refractivity contribution is 0.550. The van der Waals surface area contributed by atoms with Crippen molar-refractivity contribution in [3.8, 4) is 0 Å². The molecular weight excluding hydrogens is 451 g/mol. The Morgan fingerprint density at radius 1 is 0.900 bits per heavy atom. The minimum Gasteiger partial charge on any atom is -0.207 e. The van der Waals surface area contributed by atoms with E-state index in [0.29, 0.717) is 5.92 Å². The van der Waals surface area contributed by atoms with Crippen molar-refractivity contribution in [3.63, 3.8) is 0 Å². The molecule has 2 aromatic rings. The lowest BCUT2D eigenvalue weighted by Crippen LogP contribution is -2.11. The van der Waals surface area contributed by atoms with Gasteiger partial charge in [0.25, 0.3) is 0 Å². The van der Waals surface area contributed by atoms with Crippen LogP contribution >= 0.6 is 47.8 Å². The molecule has 0 aliphatic heterocycles. The first-order chi connectivity index (χ1) is 9.58. The van der Waals surface area contributed by atoms with Gasteiger partial charge in [0.05, 0.1) is 0 Å². The van der Waals surface area contributed by atoms with Crippen LogP contribution in [0.15, 0.2) is 51.4 Å². The van der Waals surface area contributed by atoms with Crippen molar-refractivity contribution in [1.29, 1.82) is 0 Å². The molecular formula is C16H14Br3F. The Morgan fingerprint density at radius 2 is 1.55 bits per heavy atom. The molecule has 0 saturated heterocycles. The Hall–Kier alpha value is -0.190. The average Bonchev–Trinajstić information content (AvgIpc) is 2.43. The summed E-state index contributed by atoms with van der Waals surface area (Å²) in [6, 6.07) is 13.6. The summed E-state index contributed by atoms with van der Waals surface area (Å²) < 4.78 is 15.7. The highest BCUT2D eigenvalue weighted by Gasteiger charge is 2.12. The lowest BCUT2D eigenvalue weighted by Gasteiger charge is -2.15. The Labute approximate surface area is 144 Å². The van der Waals surface area contributed by atoms with E-state index in [2.05, 4.69) is 59.9 Å². The minimum absolute atomic E-state index is 0.138. The van der Waals surface area contributed by atoms with Crippen LogP contribution in [0.25, 0.3) is 0 Å². The van der Waals surface area contributed by atoms with Gasteiger partial charge in [0.15, 0.2) is 0 Å². The molecule has 0 radical (unpaired) electrons. The fraction of sp³-hybridized carbons (Fsp3) is 0.250. The smallest absolute Gasteiger partial charge is 0.127 e. The molecule has 0 fully saturated rings. The highest BCUT2D eigenvalue weighted by atomic mass is 79.9. The molecule has 0 spiro atoms. The quantitative estimate of drug-likeness (QED) is 0.466. The van der Waals surface area contributed by atoms with Crippen LogP contribution in [0.3, 0.4) is 0 Å². The molecule has 1 atom stereocenters. The Kier molecular flexibility index (Phi) is 6.24. The first kappa shape index (κ1) is 16.2. The largest absolute Gasteiger partial charge is 0.207 e. The summed E-state index contributed by atoms with van der Waals surface area (Å²) in [7, 11) is 0. The lowest BCUT2D eigenvalue weighted by atomic mass is 9.94. The van der Waals surface area contributed by atoms with Gasteiger partial charge in [-0.05, 0) is 54.2 Å². The Morgan fingerprint density at radius 3 is 2.15 bits per heavy atom. The molecule has 0 aliphatic carbocycles. The first-order valence-electron chi connectivity index (χ1n) is 6.33. The van der Waals surface area contributed by atoms with E-state index in [1.807, 2.05) is 24.3 Å². The van der Waals surface area contributed by atoms with Crippen molar-refractivity contribution in [3.05, 3.63) is 68.4 Å². The predicted octanol–water partition coefficient (Wildman–Crippen LogP) is 6.15. The number of hydrogen-bond acceptors (Lipinski definition) is 0. The van der Waals surface area contributed by atoms with Crippen LogP contribution in [0, 0.1) is 11.7 Å². The third-order valence-corrected chi connectivity index (χ3v) is 5.12. The minimum atomic E-state index is -0.138. The van der Waals surface area contributed by atoms with Crippen LogP contribution in [0.1, 0.15) is 11.1 Å². The number of benzene rings is 2. The highest BCUT2D eigenvalue weighted by molar-refractivity contribution is 9.10. The molecule has 0 aliphatic rings. The van der Waals surface area contributed by atoms with Crippen LogP contribution in [0.2, 0.25) is 0 Å². The zero-order valence-electron chi connectivity index (χ0n) is 10.8. The van der Waals surface area contributed by atoms with Gasteiger partial charge in [0.1, 0.15) is 5.82 Å². The zero-order chi connectivity index (χ0) is 14.5. The summed E-state index contributed by atoms with van der Waals surface area (Å²) in [5.41, 5.74) is 2.05. The molecule has 106 valence electrons. The van der Waals surface area contributed by atoms with Crippen LogP contribution in [-0.4, -0.2) is 5.33 Å². The van der Waals surface area contributed by atoms with Gasteiger partial charge in [-0.2, -0.15) is 0 Å². The van der Waals surface area contributed by atoms with E-state index in [0.717, 1.165) is 32.7 Å². The van der Waals surface area contributed by atoms with Crippen molar-refractivity contribution < 1.29 is 4.39 Å². The van der Waals surface area contributed by atoms with E-state index in [1.165, 1.54) is 11.6 Å². The summed E-state index contributed by atoms with van der Waals surface area (Å²) in [4.78, 5) is 0. The molecule has 0 N–H and O–H groups in total. The molecule has 4 heteroatoms. The third kappa shape index (κ3) is 4.68. The number of alkyl halides is 1. The molecule has 0 aromatic heterocycles. The SMILES string of the molecule is Fc1cc(Br)ccc1CC(CBr)Cc1ccc(Br)cc1. The normalized spacial score (nSPS) is 12.4. The van der Waals surface area contributed by atoms with Gasteiger partial charge in [0, 0.05) is 14.3 Å². The van der Waals surface area contributed by atoms with E-state index in [1.54, 1.807) is 0 Å². The summed E-state index contributed by atoms with van der Waals surface area (Å²) in [6.45, 7) is 0. The van der Waals surface area contributed by atoms with Crippen molar-refractivity contribution in [2.75, 3.05) is 5.33 Å². The van der Waals surface area contributed by atoms with Gasteiger partial charge in [-0.1, -0.05) is 66.0 Å². The van der Waals surface area contributed by atoms with E-state index < -0.39 is 0 Å². The molecule has 2 rings (SSSR count). The maximum absolute atomic E-state index is 13.9. The summed E-state index contributed by atoms with van der Waals surface area (Å²) in [5, 5.41) is 0.860. The van der Waals surface area contributed by atoms with E-state index in [-0.39, 0.29) is 5.82 Å². The second-order valence-electron chi connectivity index (χ2n) is 4.79. The summed E-state index contributed by atoms with van der Waals surface area (Å²) in [6.07, 6.45) is 1.68. The fourth-order valence-corrected chi connectivity index (χ4v) is 3.19. The first-order valence-corrected chi connectivity index (χ1v) is 9.03. The second-order valence-corrected chi connectivity index (χ2v) is 7.27. The van der Waals surface area contributed by atoms with E-state index >= 15 is 0 Å². The topological polar surface area (TPSA) is 0 Å². The van der Waals surface area contributed by atoms with Crippen molar-refractivity contribution in [2.45, 2.75) is 12.8 Å². The van der Waals surface area contributed by atoms with Crippen LogP contribution in [0.4, 0.5) is 4.39 Å². The highest BCUT2D eigenvalue weighted by Crippen LogP contribution is 2.22. The molecule has 0 saturated carbocycles. The molecule has 20 heavy (non-hydrogen) atoms. The molecule has 0 bridgehead atoms. The van der Waals surface area contributed by atoms with Crippen LogP contribution in [0.5, 0.6) is 0 Å². The van der Waals surface area contributed by atoms with Crippen molar-refractivity contribution in [1.82, 2.24) is 0 Å². The van der Waals surface area contributed by atoms with Gasteiger partial charge in [-0.3, -0.25) is 0 Å². The molecule has 2 aromatic carbocycles. The summed E-state index contributed by atoms with van der Waals surface area (Å²) >= 11 is 10.3. The Balaban J connectivity index is 2.07. The molecule has 0 amide bonds. The monoisotopic (exact) mass is 462 g/mol. The Bertz CT molecular complexity index is 566. The maximum Gasteiger partial charge on any atom is 0.127 e. The third-order valence-electron chi connectivity index (χ3n) is 3.18. The number of hydrogen-bond donors (Lipinski definition) is 0. The maximum atomic E-state index is 13.9. The standard InChI is InChI=1S/C16H14Br3F/c17-10-12(7-11-1-4-14(18)5-2-11)8-13-3-6-15(19)9-16(13)20/h1-6,9,12H,7-8,10H2. The molecule has 0 nitrogen and oxygen atoms in total. The van der Waals surface area contributed by atoms with Gasteiger partial charge in [-0.15, -0.1) is 0 Å². The molecule has 0 heterocycles.